The molecule has 2 amide bonds. The Kier molecular flexibility index (Phi) is 7.09. The minimum atomic E-state index is -0.722. The van der Waals surface area contributed by atoms with Crippen LogP contribution in [0.25, 0.3) is 0 Å². The van der Waals surface area contributed by atoms with Gasteiger partial charge in [-0.3, -0.25) is 20.4 Å². The van der Waals surface area contributed by atoms with Gasteiger partial charge < -0.3 is 4.74 Å². The molecule has 0 aliphatic heterocycles. The van der Waals surface area contributed by atoms with Gasteiger partial charge in [0, 0.05) is 4.90 Å². The molecule has 0 radical (unpaired) electrons. The first-order valence-electron chi connectivity index (χ1n) is 8.38. The van der Waals surface area contributed by atoms with E-state index in [0.29, 0.717) is 5.75 Å². The Balaban J connectivity index is 1.79. The van der Waals surface area contributed by atoms with Crippen molar-refractivity contribution in [2.75, 3.05) is 5.75 Å². The minimum absolute atomic E-state index is 0.220. The van der Waals surface area contributed by atoms with Crippen LogP contribution in [0.15, 0.2) is 47.4 Å². The van der Waals surface area contributed by atoms with Crippen molar-refractivity contribution in [2.45, 2.75) is 38.7 Å². The molecule has 0 fully saturated rings. The van der Waals surface area contributed by atoms with Crippen LogP contribution in [0.3, 0.4) is 0 Å². The van der Waals surface area contributed by atoms with Gasteiger partial charge in [0.2, 0.25) is 5.91 Å². The Bertz CT molecular complexity index is 792. The zero-order valence-electron chi connectivity index (χ0n) is 15.5. The van der Waals surface area contributed by atoms with Crippen LogP contribution in [0.1, 0.15) is 23.6 Å². The van der Waals surface area contributed by atoms with Crippen LogP contribution >= 0.6 is 11.8 Å². The van der Waals surface area contributed by atoms with E-state index in [0.717, 1.165) is 21.6 Å². The van der Waals surface area contributed by atoms with Crippen molar-refractivity contribution < 1.29 is 14.3 Å². The van der Waals surface area contributed by atoms with Crippen LogP contribution in [-0.2, 0) is 9.59 Å². The number of carbonyl (C=O) groups excluding carboxylic acids is 2. The van der Waals surface area contributed by atoms with Crippen LogP contribution in [-0.4, -0.2) is 23.7 Å². The summed E-state index contributed by atoms with van der Waals surface area (Å²) < 4.78 is 5.70. The van der Waals surface area contributed by atoms with Gasteiger partial charge in [-0.2, -0.15) is 0 Å². The first-order valence-corrected chi connectivity index (χ1v) is 9.37. The van der Waals surface area contributed by atoms with E-state index in [9.17, 15) is 9.59 Å². The summed E-state index contributed by atoms with van der Waals surface area (Å²) in [5.41, 5.74) is 8.04. The topological polar surface area (TPSA) is 67.4 Å². The number of ether oxygens (including phenoxy) is 1. The number of benzene rings is 2. The predicted octanol–water partition coefficient (Wildman–Crippen LogP) is 3.32. The van der Waals surface area contributed by atoms with Crippen LogP contribution in [0.2, 0.25) is 0 Å². The number of carbonyl (C=O) groups is 2. The normalized spacial score (nSPS) is 11.5. The van der Waals surface area contributed by atoms with Crippen molar-refractivity contribution in [1.82, 2.24) is 10.9 Å². The fourth-order valence-electron chi connectivity index (χ4n) is 2.23. The van der Waals surface area contributed by atoms with E-state index in [2.05, 4.69) is 10.9 Å². The number of hydrogen-bond acceptors (Lipinski definition) is 4. The highest BCUT2D eigenvalue weighted by atomic mass is 32.2. The van der Waals surface area contributed by atoms with E-state index in [1.54, 1.807) is 6.92 Å². The molecule has 0 spiro atoms. The van der Waals surface area contributed by atoms with Crippen molar-refractivity contribution >= 4 is 23.6 Å². The molecule has 2 rings (SSSR count). The molecule has 2 aromatic carbocycles. The lowest BCUT2D eigenvalue weighted by molar-refractivity contribution is -0.131. The molecule has 0 saturated heterocycles. The molecule has 0 aromatic heterocycles. The molecule has 138 valence electrons. The molecule has 2 N–H and O–H groups in total. The van der Waals surface area contributed by atoms with Crippen molar-refractivity contribution in [3.63, 3.8) is 0 Å². The molecule has 26 heavy (non-hydrogen) atoms. The number of nitrogens with one attached hydrogen (secondary N) is 2. The van der Waals surface area contributed by atoms with Crippen LogP contribution in [0.5, 0.6) is 5.75 Å². The zero-order valence-corrected chi connectivity index (χ0v) is 16.3. The molecule has 0 heterocycles. The molecular formula is C20H24N2O3S. The lowest BCUT2D eigenvalue weighted by Crippen LogP contribution is -2.47. The first kappa shape index (κ1) is 19.8. The van der Waals surface area contributed by atoms with Gasteiger partial charge in [0.1, 0.15) is 5.75 Å². The van der Waals surface area contributed by atoms with E-state index in [-0.39, 0.29) is 11.7 Å². The summed E-state index contributed by atoms with van der Waals surface area (Å²) >= 11 is 1.43. The molecular weight excluding hydrogens is 348 g/mol. The van der Waals surface area contributed by atoms with Crippen molar-refractivity contribution in [3.05, 3.63) is 59.2 Å². The maximum atomic E-state index is 12.1. The summed E-state index contributed by atoms with van der Waals surface area (Å²) in [6.45, 7) is 7.57. The number of amides is 2. The third-order valence-corrected chi connectivity index (χ3v) is 5.18. The highest BCUT2D eigenvalue weighted by Gasteiger charge is 2.16. The van der Waals surface area contributed by atoms with E-state index >= 15 is 0 Å². The molecule has 6 heteroatoms. The van der Waals surface area contributed by atoms with Crippen molar-refractivity contribution in [1.29, 1.82) is 0 Å². The Morgan fingerprint density at radius 1 is 1.00 bits per heavy atom. The molecule has 5 nitrogen and oxygen atoms in total. The third-order valence-electron chi connectivity index (χ3n) is 4.01. The Hall–Kier alpha value is -2.47. The molecule has 0 unspecified atom stereocenters. The standard InChI is InChI=1S/C20H24N2O3S/c1-13-9-7-10-17(15(13)3)25-16(4)20(24)22-21-19(23)12-26-18-11-6-5-8-14(18)2/h5-11,16H,12H2,1-4H3,(H,21,23)(H,22,24)/t16-/m1/s1. The highest BCUT2D eigenvalue weighted by molar-refractivity contribution is 8.00. The summed E-state index contributed by atoms with van der Waals surface area (Å²) in [6.07, 6.45) is -0.722. The average molecular weight is 372 g/mol. The van der Waals surface area contributed by atoms with Gasteiger partial charge in [-0.15, -0.1) is 11.8 Å². The average Bonchev–Trinajstić information content (AvgIpc) is 2.62. The van der Waals surface area contributed by atoms with Crippen molar-refractivity contribution in [3.8, 4) is 5.75 Å². The summed E-state index contributed by atoms with van der Waals surface area (Å²) in [7, 11) is 0. The van der Waals surface area contributed by atoms with Crippen LogP contribution in [0, 0.1) is 20.8 Å². The van der Waals surface area contributed by atoms with Crippen molar-refractivity contribution in [2.24, 2.45) is 0 Å². The van der Waals surface area contributed by atoms with Gasteiger partial charge in [-0.25, -0.2) is 0 Å². The zero-order chi connectivity index (χ0) is 19.1. The second kappa shape index (κ2) is 9.29. The summed E-state index contributed by atoms with van der Waals surface area (Å²) in [5, 5.41) is 0. The van der Waals surface area contributed by atoms with Gasteiger partial charge in [-0.1, -0.05) is 30.3 Å². The lowest BCUT2D eigenvalue weighted by atomic mass is 10.1. The molecule has 1 atom stereocenters. The lowest BCUT2D eigenvalue weighted by Gasteiger charge is -2.17. The van der Waals surface area contributed by atoms with E-state index in [4.69, 9.17) is 4.74 Å². The maximum absolute atomic E-state index is 12.1. The predicted molar refractivity (Wildman–Crippen MR) is 104 cm³/mol. The molecule has 0 aliphatic carbocycles. The highest BCUT2D eigenvalue weighted by Crippen LogP contribution is 2.22. The van der Waals surface area contributed by atoms with Gasteiger partial charge in [0.15, 0.2) is 6.10 Å². The summed E-state index contributed by atoms with van der Waals surface area (Å²) in [6, 6.07) is 13.5. The van der Waals surface area contributed by atoms with E-state index in [1.165, 1.54) is 11.8 Å². The number of hydrogen-bond donors (Lipinski definition) is 2. The molecule has 2 aromatic rings. The molecule has 0 bridgehead atoms. The quantitative estimate of drug-likeness (QED) is 0.603. The van der Waals surface area contributed by atoms with Crippen LogP contribution < -0.4 is 15.6 Å². The smallest absolute Gasteiger partial charge is 0.279 e. The van der Waals surface area contributed by atoms with Gasteiger partial charge in [0.05, 0.1) is 5.75 Å². The minimum Gasteiger partial charge on any atom is -0.481 e. The fourth-order valence-corrected chi connectivity index (χ4v) is 3.06. The molecule has 0 saturated carbocycles. The number of thioether (sulfide) groups is 1. The largest absolute Gasteiger partial charge is 0.481 e. The third kappa shape index (κ3) is 5.52. The van der Waals surface area contributed by atoms with E-state index < -0.39 is 12.0 Å². The Labute approximate surface area is 158 Å². The Morgan fingerprint density at radius 3 is 2.42 bits per heavy atom. The summed E-state index contributed by atoms with van der Waals surface area (Å²) in [5.74, 6) is 0.206. The maximum Gasteiger partial charge on any atom is 0.279 e. The second-order valence-electron chi connectivity index (χ2n) is 6.05. The number of hydrazine groups is 1. The second-order valence-corrected chi connectivity index (χ2v) is 7.07. The van der Waals surface area contributed by atoms with Gasteiger partial charge >= 0.3 is 0 Å². The van der Waals surface area contributed by atoms with Gasteiger partial charge in [-0.05, 0) is 56.5 Å². The monoisotopic (exact) mass is 372 g/mol. The SMILES string of the molecule is Cc1ccccc1SCC(=O)NNC(=O)[C@@H](C)Oc1cccc(C)c1C. The molecule has 0 aliphatic rings. The summed E-state index contributed by atoms with van der Waals surface area (Å²) in [4.78, 5) is 25.1. The fraction of sp³-hybridized carbons (Fsp3) is 0.300. The first-order chi connectivity index (χ1) is 12.4. The van der Waals surface area contributed by atoms with Gasteiger partial charge in [0.25, 0.3) is 5.91 Å². The number of rotatable bonds is 6. The number of aryl methyl sites for hydroxylation is 2. The van der Waals surface area contributed by atoms with E-state index in [1.807, 2.05) is 63.2 Å². The Morgan fingerprint density at radius 2 is 1.69 bits per heavy atom. The van der Waals surface area contributed by atoms with Crippen LogP contribution in [0.4, 0.5) is 0 Å².